The van der Waals surface area contributed by atoms with E-state index in [-0.39, 0.29) is 23.6 Å². The Balaban J connectivity index is 1.72. The van der Waals surface area contributed by atoms with E-state index in [0.717, 1.165) is 30.4 Å². The molecule has 1 aliphatic heterocycles. The maximum Gasteiger partial charge on any atom is 0.338 e. The van der Waals surface area contributed by atoms with E-state index in [2.05, 4.69) is 6.92 Å². The van der Waals surface area contributed by atoms with Crippen molar-refractivity contribution < 1.29 is 14.6 Å². The molecule has 3 unspecified atom stereocenters. The summed E-state index contributed by atoms with van der Waals surface area (Å²) in [6, 6.07) is 20.0. The number of benzene rings is 2. The molecule has 2 aromatic carbocycles. The summed E-state index contributed by atoms with van der Waals surface area (Å²) < 4.78 is 5.71. The fourth-order valence-corrected chi connectivity index (χ4v) is 4.14. The summed E-state index contributed by atoms with van der Waals surface area (Å²) in [6.07, 6.45) is 2.38. The molecule has 26 heavy (non-hydrogen) atoms. The van der Waals surface area contributed by atoms with Gasteiger partial charge < -0.3 is 9.84 Å². The van der Waals surface area contributed by atoms with Crippen molar-refractivity contribution >= 4 is 5.97 Å². The smallest absolute Gasteiger partial charge is 0.338 e. The van der Waals surface area contributed by atoms with E-state index in [1.807, 2.05) is 60.7 Å². The monoisotopic (exact) mass is 348 g/mol. The fourth-order valence-electron chi connectivity index (χ4n) is 4.14. The third-order valence-electron chi connectivity index (χ3n) is 5.60. The van der Waals surface area contributed by atoms with Gasteiger partial charge >= 0.3 is 5.97 Å². The van der Waals surface area contributed by atoms with E-state index in [9.17, 15) is 9.90 Å². The average molecular weight is 348 g/mol. The Kier molecular flexibility index (Phi) is 4.54. The first-order chi connectivity index (χ1) is 12.7. The Morgan fingerprint density at radius 3 is 2.12 bits per heavy atom. The van der Waals surface area contributed by atoms with Crippen LogP contribution in [0.5, 0.6) is 0 Å². The fraction of sp³-hybridized carbons (Fsp3) is 0.348. The molecule has 0 saturated heterocycles. The molecule has 1 fully saturated rings. The van der Waals surface area contributed by atoms with Crippen LogP contribution >= 0.6 is 0 Å². The molecule has 4 rings (SSSR count). The predicted octanol–water partition coefficient (Wildman–Crippen LogP) is 5.11. The summed E-state index contributed by atoms with van der Waals surface area (Å²) in [5.74, 6) is 0.0852. The highest BCUT2D eigenvalue weighted by atomic mass is 16.6. The molecular weight excluding hydrogens is 324 g/mol. The normalized spacial score (nSPS) is 22.2. The van der Waals surface area contributed by atoms with Gasteiger partial charge in [0.1, 0.15) is 5.76 Å². The number of aliphatic hydroxyl groups excluding tert-OH is 1. The third-order valence-corrected chi connectivity index (χ3v) is 5.60. The van der Waals surface area contributed by atoms with Crippen molar-refractivity contribution in [3.05, 3.63) is 83.1 Å². The minimum absolute atomic E-state index is 0.0340. The zero-order valence-corrected chi connectivity index (χ0v) is 15.0. The lowest BCUT2D eigenvalue weighted by Gasteiger charge is -2.22. The first-order valence-electron chi connectivity index (χ1n) is 9.44. The van der Waals surface area contributed by atoms with Gasteiger partial charge in [0.15, 0.2) is 6.10 Å². The van der Waals surface area contributed by atoms with Crippen LogP contribution in [0, 0.1) is 5.92 Å². The maximum atomic E-state index is 12.8. The van der Waals surface area contributed by atoms with Crippen LogP contribution in [0.25, 0.3) is 0 Å². The van der Waals surface area contributed by atoms with Crippen molar-refractivity contribution in [1.29, 1.82) is 0 Å². The van der Waals surface area contributed by atoms with Crippen LogP contribution in [0.15, 0.2) is 72.0 Å². The second kappa shape index (κ2) is 6.99. The SMILES string of the molecule is CCC(c1ccccc1)C1OC(=O)C(C(c2ccccc2)C2CC2)=C1O. The topological polar surface area (TPSA) is 46.5 Å². The largest absolute Gasteiger partial charge is 0.508 e. The number of cyclic esters (lactones) is 1. The second-order valence-corrected chi connectivity index (χ2v) is 7.28. The van der Waals surface area contributed by atoms with Crippen LogP contribution in [0.4, 0.5) is 0 Å². The van der Waals surface area contributed by atoms with E-state index in [0.29, 0.717) is 11.5 Å². The molecule has 2 aromatic rings. The van der Waals surface area contributed by atoms with Gasteiger partial charge in [-0.3, -0.25) is 0 Å². The van der Waals surface area contributed by atoms with Crippen LogP contribution in [-0.2, 0) is 9.53 Å². The van der Waals surface area contributed by atoms with Gasteiger partial charge in [-0.05, 0) is 36.3 Å². The Morgan fingerprint density at radius 2 is 1.58 bits per heavy atom. The molecule has 134 valence electrons. The minimum Gasteiger partial charge on any atom is -0.508 e. The molecule has 3 nitrogen and oxygen atoms in total. The Bertz CT molecular complexity index is 806. The first kappa shape index (κ1) is 16.9. The van der Waals surface area contributed by atoms with Crippen LogP contribution in [0.2, 0.25) is 0 Å². The van der Waals surface area contributed by atoms with Gasteiger partial charge in [-0.2, -0.15) is 0 Å². The molecule has 1 saturated carbocycles. The van der Waals surface area contributed by atoms with Crippen molar-refractivity contribution in [2.75, 3.05) is 0 Å². The standard InChI is InChI=1S/C23H24O3/c1-2-18(15-9-5-3-6-10-15)22-21(24)20(23(25)26-22)19(17-13-14-17)16-11-7-4-8-12-16/h3-12,17-19,22,24H,2,13-14H2,1H3. The van der Waals surface area contributed by atoms with Gasteiger partial charge in [0, 0.05) is 11.8 Å². The highest BCUT2D eigenvalue weighted by Crippen LogP contribution is 2.50. The minimum atomic E-state index is -0.588. The molecular formula is C23H24O3. The molecule has 0 aromatic heterocycles. The van der Waals surface area contributed by atoms with Gasteiger partial charge in [0.25, 0.3) is 0 Å². The number of carbonyl (C=O) groups is 1. The summed E-state index contributed by atoms with van der Waals surface area (Å²) in [5.41, 5.74) is 2.64. The van der Waals surface area contributed by atoms with Crippen molar-refractivity contribution in [3.8, 4) is 0 Å². The van der Waals surface area contributed by atoms with Crippen molar-refractivity contribution in [2.45, 2.75) is 44.1 Å². The number of carbonyl (C=O) groups excluding carboxylic acids is 1. The molecule has 0 bridgehead atoms. The number of hydrogen-bond acceptors (Lipinski definition) is 3. The number of esters is 1. The van der Waals surface area contributed by atoms with Crippen LogP contribution in [-0.4, -0.2) is 17.2 Å². The van der Waals surface area contributed by atoms with E-state index in [4.69, 9.17) is 4.74 Å². The van der Waals surface area contributed by atoms with E-state index in [1.54, 1.807) is 0 Å². The number of aliphatic hydroxyl groups is 1. The maximum absolute atomic E-state index is 12.8. The molecule has 0 spiro atoms. The van der Waals surface area contributed by atoms with Crippen LogP contribution in [0.1, 0.15) is 49.1 Å². The van der Waals surface area contributed by atoms with Crippen molar-refractivity contribution in [2.24, 2.45) is 5.92 Å². The number of hydrogen-bond donors (Lipinski definition) is 1. The molecule has 3 heteroatoms. The highest BCUT2D eigenvalue weighted by molar-refractivity contribution is 5.93. The number of ether oxygens (including phenoxy) is 1. The summed E-state index contributed by atoms with van der Waals surface area (Å²) in [7, 11) is 0. The van der Waals surface area contributed by atoms with Crippen LogP contribution < -0.4 is 0 Å². The number of rotatable bonds is 6. The van der Waals surface area contributed by atoms with E-state index in [1.165, 1.54) is 0 Å². The molecule has 0 radical (unpaired) electrons. The highest BCUT2D eigenvalue weighted by Gasteiger charge is 2.46. The second-order valence-electron chi connectivity index (χ2n) is 7.28. The molecule has 0 amide bonds. The Hall–Kier alpha value is -2.55. The van der Waals surface area contributed by atoms with Crippen LogP contribution in [0.3, 0.4) is 0 Å². The Labute approximate surface area is 154 Å². The Morgan fingerprint density at radius 1 is 1.00 bits per heavy atom. The molecule has 1 heterocycles. The van der Waals surface area contributed by atoms with Gasteiger partial charge in [-0.25, -0.2) is 4.79 Å². The lowest BCUT2D eigenvalue weighted by molar-refractivity contribution is -0.141. The summed E-state index contributed by atoms with van der Waals surface area (Å²) in [4.78, 5) is 12.8. The van der Waals surface area contributed by atoms with Crippen molar-refractivity contribution in [1.82, 2.24) is 0 Å². The predicted molar refractivity (Wildman–Crippen MR) is 101 cm³/mol. The first-order valence-corrected chi connectivity index (χ1v) is 9.44. The average Bonchev–Trinajstić information content (AvgIpc) is 3.47. The molecule has 2 aliphatic rings. The molecule has 3 atom stereocenters. The lowest BCUT2D eigenvalue weighted by atomic mass is 9.84. The van der Waals surface area contributed by atoms with E-state index >= 15 is 0 Å². The molecule has 1 aliphatic carbocycles. The summed E-state index contributed by atoms with van der Waals surface area (Å²) in [5, 5.41) is 11.0. The van der Waals surface area contributed by atoms with Gasteiger partial charge in [0.2, 0.25) is 0 Å². The van der Waals surface area contributed by atoms with E-state index < -0.39 is 6.10 Å². The quantitative estimate of drug-likeness (QED) is 0.738. The summed E-state index contributed by atoms with van der Waals surface area (Å²) >= 11 is 0. The van der Waals surface area contributed by atoms with Gasteiger partial charge in [0.05, 0.1) is 5.57 Å². The molecule has 1 N–H and O–H groups in total. The van der Waals surface area contributed by atoms with Crippen molar-refractivity contribution in [3.63, 3.8) is 0 Å². The lowest BCUT2D eigenvalue weighted by Crippen LogP contribution is -2.21. The third kappa shape index (κ3) is 3.03. The zero-order valence-electron chi connectivity index (χ0n) is 15.0. The van der Waals surface area contributed by atoms with Gasteiger partial charge in [-0.1, -0.05) is 67.6 Å². The van der Waals surface area contributed by atoms with Gasteiger partial charge in [-0.15, -0.1) is 0 Å². The summed E-state index contributed by atoms with van der Waals surface area (Å²) in [6.45, 7) is 2.06. The zero-order chi connectivity index (χ0) is 18.1.